The molecule has 0 bridgehead atoms. The lowest BCUT2D eigenvalue weighted by Gasteiger charge is -2.27. The van der Waals surface area contributed by atoms with E-state index in [0.29, 0.717) is 11.1 Å². The van der Waals surface area contributed by atoms with Crippen LogP contribution in [0, 0.1) is 0 Å². The third-order valence-electron chi connectivity index (χ3n) is 4.39. The van der Waals surface area contributed by atoms with Gasteiger partial charge in [0.25, 0.3) is 0 Å². The normalized spacial score (nSPS) is 11.7. The summed E-state index contributed by atoms with van der Waals surface area (Å²) in [6, 6.07) is 5.07. The highest BCUT2D eigenvalue weighted by molar-refractivity contribution is 5.99. The minimum absolute atomic E-state index is 0.0336. The lowest BCUT2D eigenvalue weighted by Crippen LogP contribution is -2.46. The van der Waals surface area contributed by atoms with E-state index in [-0.39, 0.29) is 18.7 Å². The Morgan fingerprint density at radius 1 is 0.969 bits per heavy atom. The smallest absolute Gasteiger partial charge is 0.337 e. The predicted octanol–water partition coefficient (Wildman–Crippen LogP) is 1.37. The predicted molar refractivity (Wildman–Crippen MR) is 112 cm³/mol. The highest BCUT2D eigenvalue weighted by Gasteiger charge is 2.30. The molecule has 0 aliphatic heterocycles. The van der Waals surface area contributed by atoms with Crippen molar-refractivity contribution in [3.05, 3.63) is 41.0 Å². The second-order valence-corrected chi connectivity index (χ2v) is 6.48. The molecule has 1 rings (SSSR count). The van der Waals surface area contributed by atoms with Crippen molar-refractivity contribution >= 4 is 35.9 Å². The molecular weight excluding hydrogens is 422 g/mol. The summed E-state index contributed by atoms with van der Waals surface area (Å²) in [4.78, 5) is 61.6. The molecule has 1 atom stereocenters. The van der Waals surface area contributed by atoms with Crippen LogP contribution in [0.2, 0.25) is 0 Å². The molecule has 0 aliphatic carbocycles. The number of hydrogen-bond acceptors (Lipinski definition) is 9. The van der Waals surface area contributed by atoms with Crippen LogP contribution in [-0.2, 0) is 38.1 Å². The van der Waals surface area contributed by atoms with Crippen molar-refractivity contribution in [1.29, 1.82) is 0 Å². The van der Waals surface area contributed by atoms with Crippen LogP contribution in [0.1, 0.15) is 36.2 Å². The molecule has 10 heteroatoms. The van der Waals surface area contributed by atoms with Gasteiger partial charge in [-0.2, -0.15) is 0 Å². The maximum atomic E-state index is 12.7. The molecule has 0 saturated heterocycles. The molecule has 1 aromatic rings. The minimum atomic E-state index is -1.09. The number of carbonyl (C=O) groups excluding carboxylic acids is 5. The topological polar surface area (TPSA) is 126 Å². The van der Waals surface area contributed by atoms with E-state index in [2.05, 4.69) is 4.74 Å². The molecule has 0 radical (unpaired) electrons. The molecule has 1 unspecified atom stereocenters. The summed E-state index contributed by atoms with van der Waals surface area (Å²) in [5, 5.41) is 0. The fourth-order valence-corrected chi connectivity index (χ4v) is 2.69. The summed E-state index contributed by atoms with van der Waals surface area (Å²) < 4.78 is 18.9. The Morgan fingerprint density at radius 3 is 2.09 bits per heavy atom. The molecule has 1 aromatic carbocycles. The van der Waals surface area contributed by atoms with Crippen molar-refractivity contribution in [2.75, 3.05) is 34.5 Å². The van der Waals surface area contributed by atoms with Crippen molar-refractivity contribution in [3.8, 4) is 0 Å². The lowest BCUT2D eigenvalue weighted by atomic mass is 10.1. The highest BCUT2D eigenvalue weighted by Crippen LogP contribution is 2.15. The van der Waals surface area contributed by atoms with Crippen molar-refractivity contribution < 1.29 is 42.9 Å². The molecule has 10 nitrogen and oxygen atoms in total. The van der Waals surface area contributed by atoms with Crippen LogP contribution in [0.25, 0.3) is 6.08 Å². The number of rotatable bonds is 10. The first-order chi connectivity index (χ1) is 15.2. The summed E-state index contributed by atoms with van der Waals surface area (Å²) in [7, 11) is 3.59. The van der Waals surface area contributed by atoms with Crippen molar-refractivity contribution in [2.45, 2.75) is 26.3 Å². The monoisotopic (exact) mass is 449 g/mol. The zero-order valence-corrected chi connectivity index (χ0v) is 18.7. The number of hydrogen-bond donors (Lipinski definition) is 0. The van der Waals surface area contributed by atoms with Gasteiger partial charge in [-0.05, 0) is 37.6 Å². The fourth-order valence-electron chi connectivity index (χ4n) is 2.69. The highest BCUT2D eigenvalue weighted by atomic mass is 16.5. The van der Waals surface area contributed by atoms with Crippen LogP contribution >= 0.6 is 0 Å². The standard InChI is InChI=1S/C22H27NO9/c1-6-32-19(25)12-18(24)23(14(2)20(26)29-3)13-17(22(28)31-5)11-15-7-9-16(10-8-15)21(27)30-4/h7-11,14H,6,12-13H2,1-5H3. The van der Waals surface area contributed by atoms with Crippen LogP contribution in [0.4, 0.5) is 0 Å². The van der Waals surface area contributed by atoms with E-state index < -0.39 is 42.2 Å². The molecule has 0 N–H and O–H groups in total. The van der Waals surface area contributed by atoms with Crippen LogP contribution in [0.15, 0.2) is 29.8 Å². The molecule has 32 heavy (non-hydrogen) atoms. The maximum Gasteiger partial charge on any atom is 0.337 e. The lowest BCUT2D eigenvalue weighted by molar-refractivity contribution is -0.156. The number of carbonyl (C=O) groups is 5. The number of nitrogens with zero attached hydrogens (tertiary/aromatic N) is 1. The van der Waals surface area contributed by atoms with E-state index in [1.807, 2.05) is 0 Å². The van der Waals surface area contributed by atoms with Gasteiger partial charge in [-0.1, -0.05) is 12.1 Å². The van der Waals surface area contributed by atoms with E-state index in [1.165, 1.54) is 39.4 Å². The van der Waals surface area contributed by atoms with Gasteiger partial charge in [-0.3, -0.25) is 9.59 Å². The Morgan fingerprint density at radius 2 is 1.59 bits per heavy atom. The van der Waals surface area contributed by atoms with E-state index in [1.54, 1.807) is 19.1 Å². The van der Waals surface area contributed by atoms with Crippen molar-refractivity contribution in [1.82, 2.24) is 4.90 Å². The Kier molecular flexibility index (Phi) is 10.6. The molecule has 0 heterocycles. The third kappa shape index (κ3) is 7.53. The second-order valence-electron chi connectivity index (χ2n) is 6.48. The van der Waals surface area contributed by atoms with Gasteiger partial charge < -0.3 is 23.8 Å². The van der Waals surface area contributed by atoms with Gasteiger partial charge >= 0.3 is 23.9 Å². The van der Waals surface area contributed by atoms with Gasteiger partial charge in [0, 0.05) is 0 Å². The van der Waals surface area contributed by atoms with Gasteiger partial charge in [0.05, 0.1) is 45.6 Å². The Balaban J connectivity index is 3.28. The molecule has 0 fully saturated rings. The summed E-state index contributed by atoms with van der Waals surface area (Å²) >= 11 is 0. The molecule has 0 spiro atoms. The average Bonchev–Trinajstić information content (AvgIpc) is 2.79. The van der Waals surface area contributed by atoms with Gasteiger partial charge in [0.1, 0.15) is 12.5 Å². The molecule has 0 aliphatic rings. The largest absolute Gasteiger partial charge is 0.467 e. The second kappa shape index (κ2) is 12.9. The maximum absolute atomic E-state index is 12.7. The zero-order chi connectivity index (χ0) is 24.3. The number of amides is 1. The van der Waals surface area contributed by atoms with E-state index in [9.17, 15) is 24.0 Å². The van der Waals surface area contributed by atoms with Crippen LogP contribution in [0.3, 0.4) is 0 Å². The first-order valence-electron chi connectivity index (χ1n) is 9.68. The van der Waals surface area contributed by atoms with Gasteiger partial charge in [0.15, 0.2) is 0 Å². The molecule has 0 saturated carbocycles. The molecule has 174 valence electrons. The number of benzene rings is 1. The summed E-state index contributed by atoms with van der Waals surface area (Å²) in [5.74, 6) is -3.47. The minimum Gasteiger partial charge on any atom is -0.467 e. The van der Waals surface area contributed by atoms with Crippen LogP contribution < -0.4 is 0 Å². The SMILES string of the molecule is CCOC(=O)CC(=O)N(CC(=Cc1ccc(C(=O)OC)cc1)C(=O)OC)C(C)C(=O)OC. The fraction of sp³-hybridized carbons (Fsp3) is 0.409. The first-order valence-corrected chi connectivity index (χ1v) is 9.68. The van der Waals surface area contributed by atoms with Crippen molar-refractivity contribution in [2.24, 2.45) is 0 Å². The Labute approximate surface area is 186 Å². The Bertz CT molecular complexity index is 874. The van der Waals surface area contributed by atoms with Crippen LogP contribution in [-0.4, -0.2) is 75.2 Å². The van der Waals surface area contributed by atoms with E-state index >= 15 is 0 Å². The third-order valence-corrected chi connectivity index (χ3v) is 4.39. The quantitative estimate of drug-likeness (QED) is 0.225. The van der Waals surface area contributed by atoms with Crippen molar-refractivity contribution in [3.63, 3.8) is 0 Å². The molecular formula is C22H27NO9. The summed E-state index contributed by atoms with van der Waals surface area (Å²) in [6.07, 6.45) is 0.832. The van der Waals surface area contributed by atoms with E-state index in [0.717, 1.165) is 12.0 Å². The number of ether oxygens (including phenoxy) is 4. The average molecular weight is 449 g/mol. The molecule has 0 aromatic heterocycles. The van der Waals surface area contributed by atoms with Gasteiger partial charge in [-0.15, -0.1) is 0 Å². The van der Waals surface area contributed by atoms with Gasteiger partial charge in [-0.25, -0.2) is 14.4 Å². The van der Waals surface area contributed by atoms with Crippen LogP contribution in [0.5, 0.6) is 0 Å². The zero-order valence-electron chi connectivity index (χ0n) is 18.7. The summed E-state index contributed by atoms with van der Waals surface area (Å²) in [5.41, 5.74) is 0.877. The first kappa shape index (κ1) is 26.3. The summed E-state index contributed by atoms with van der Waals surface area (Å²) in [6.45, 7) is 2.77. The Hall–Kier alpha value is -3.69. The van der Waals surface area contributed by atoms with E-state index in [4.69, 9.17) is 14.2 Å². The van der Waals surface area contributed by atoms with Gasteiger partial charge in [0.2, 0.25) is 5.91 Å². The number of esters is 4. The molecule has 1 amide bonds. The number of methoxy groups -OCH3 is 3.